The number of ether oxygens (including phenoxy) is 2. The molecule has 0 radical (unpaired) electrons. The van der Waals surface area contributed by atoms with Gasteiger partial charge in [0.25, 0.3) is 11.8 Å². The fourth-order valence-electron chi connectivity index (χ4n) is 3.53. The van der Waals surface area contributed by atoms with Crippen molar-refractivity contribution in [3.8, 4) is 11.5 Å². The molecule has 1 heterocycles. The summed E-state index contributed by atoms with van der Waals surface area (Å²) in [5.74, 6) is -0.629. The minimum Gasteiger partial charge on any atom is -0.497 e. The third-order valence-electron chi connectivity index (χ3n) is 5.44. The number of barbiturate groups is 1. The van der Waals surface area contributed by atoms with Gasteiger partial charge in [0.15, 0.2) is 0 Å². The number of imide groups is 2. The summed E-state index contributed by atoms with van der Waals surface area (Å²) in [5.41, 5.74) is 1.98. The van der Waals surface area contributed by atoms with Crippen LogP contribution in [0.5, 0.6) is 11.5 Å². The Morgan fingerprint density at radius 3 is 2.57 bits per heavy atom. The van der Waals surface area contributed by atoms with Gasteiger partial charge in [-0.25, -0.2) is 9.69 Å². The van der Waals surface area contributed by atoms with Gasteiger partial charge in [-0.3, -0.25) is 14.9 Å². The fourth-order valence-corrected chi connectivity index (χ4v) is 4.10. The van der Waals surface area contributed by atoms with E-state index in [2.05, 4.69) is 21.2 Å². The number of hydrogen-bond acceptors (Lipinski definition) is 5. The van der Waals surface area contributed by atoms with Crippen LogP contribution >= 0.6 is 27.5 Å². The van der Waals surface area contributed by atoms with Gasteiger partial charge in [0.05, 0.1) is 12.8 Å². The average molecular weight is 556 g/mol. The van der Waals surface area contributed by atoms with Crippen LogP contribution in [0.3, 0.4) is 0 Å². The number of rotatable bonds is 6. The van der Waals surface area contributed by atoms with E-state index in [4.69, 9.17) is 21.1 Å². The van der Waals surface area contributed by atoms with Crippen molar-refractivity contribution in [1.82, 2.24) is 5.32 Å². The van der Waals surface area contributed by atoms with Gasteiger partial charge < -0.3 is 9.47 Å². The van der Waals surface area contributed by atoms with Gasteiger partial charge in [0.1, 0.15) is 23.7 Å². The molecule has 1 N–H and O–H groups in total. The van der Waals surface area contributed by atoms with E-state index >= 15 is 0 Å². The molecule has 4 rings (SSSR count). The second-order valence-electron chi connectivity index (χ2n) is 7.63. The van der Waals surface area contributed by atoms with Gasteiger partial charge in [-0.1, -0.05) is 51.8 Å². The zero-order valence-electron chi connectivity index (χ0n) is 18.8. The highest BCUT2D eigenvalue weighted by Crippen LogP contribution is 2.32. The lowest BCUT2D eigenvalue weighted by molar-refractivity contribution is -0.122. The molecule has 0 spiro atoms. The van der Waals surface area contributed by atoms with Crippen molar-refractivity contribution in [1.29, 1.82) is 0 Å². The molecule has 1 aliphatic rings. The summed E-state index contributed by atoms with van der Waals surface area (Å²) in [7, 11) is 1.53. The maximum Gasteiger partial charge on any atom is 0.335 e. The van der Waals surface area contributed by atoms with Crippen molar-refractivity contribution in [2.75, 3.05) is 12.0 Å². The van der Waals surface area contributed by atoms with E-state index in [1.165, 1.54) is 13.2 Å². The Morgan fingerprint density at radius 1 is 1.06 bits per heavy atom. The Morgan fingerprint density at radius 2 is 1.83 bits per heavy atom. The van der Waals surface area contributed by atoms with Crippen LogP contribution in [0.25, 0.3) is 6.08 Å². The number of nitrogens with one attached hydrogen (secondary N) is 1. The summed E-state index contributed by atoms with van der Waals surface area (Å²) in [5, 5.41) is 2.62. The fraction of sp³-hybridized carbons (Fsp3) is 0.115. The first kappa shape index (κ1) is 24.5. The number of methoxy groups -OCH3 is 1. The van der Waals surface area contributed by atoms with E-state index in [-0.39, 0.29) is 12.2 Å². The maximum atomic E-state index is 13.3. The summed E-state index contributed by atoms with van der Waals surface area (Å²) < 4.78 is 12.2. The van der Waals surface area contributed by atoms with Gasteiger partial charge in [-0.15, -0.1) is 0 Å². The number of halogens is 2. The topological polar surface area (TPSA) is 84.9 Å². The molecule has 0 bridgehead atoms. The summed E-state index contributed by atoms with van der Waals surface area (Å²) in [6, 6.07) is 16.7. The highest BCUT2D eigenvalue weighted by atomic mass is 79.9. The first-order valence-corrected chi connectivity index (χ1v) is 11.7. The molecular formula is C26H20BrClN2O5. The second-order valence-corrected chi connectivity index (χ2v) is 8.89. The highest BCUT2D eigenvalue weighted by Gasteiger charge is 2.37. The van der Waals surface area contributed by atoms with Gasteiger partial charge in [0.2, 0.25) is 0 Å². The SMILES string of the molecule is COc1ccc(/C=C2\C(=O)NC(=O)N(c3cccc(Cl)c3C)C2=O)c(OCc2ccccc2Br)c1. The first-order valence-electron chi connectivity index (χ1n) is 10.5. The molecule has 0 aliphatic carbocycles. The summed E-state index contributed by atoms with van der Waals surface area (Å²) >= 11 is 9.68. The number of anilines is 1. The van der Waals surface area contributed by atoms with Crippen LogP contribution in [-0.4, -0.2) is 25.0 Å². The van der Waals surface area contributed by atoms with Crippen LogP contribution < -0.4 is 19.7 Å². The smallest absolute Gasteiger partial charge is 0.335 e. The standard InChI is InChI=1S/C26H20BrClN2O5/c1-15-21(28)8-5-9-22(15)30-25(32)19(24(31)29-26(30)33)12-16-10-11-18(34-2)13-23(16)35-14-17-6-3-4-7-20(17)27/h3-13H,14H2,1-2H3,(H,29,31,33)/b19-12+. The molecular weight excluding hydrogens is 536 g/mol. The lowest BCUT2D eigenvalue weighted by atomic mass is 10.0. The lowest BCUT2D eigenvalue weighted by Crippen LogP contribution is -2.54. The minimum atomic E-state index is -0.845. The van der Waals surface area contributed by atoms with Crippen LogP contribution in [0.15, 0.2) is 70.7 Å². The second kappa shape index (κ2) is 10.3. The molecule has 7 nitrogen and oxygen atoms in total. The van der Waals surface area contributed by atoms with Gasteiger partial charge in [0, 0.05) is 26.7 Å². The molecule has 1 saturated heterocycles. The third kappa shape index (κ3) is 5.08. The predicted molar refractivity (Wildman–Crippen MR) is 137 cm³/mol. The van der Waals surface area contributed by atoms with Crippen LogP contribution in [0.2, 0.25) is 5.02 Å². The van der Waals surface area contributed by atoms with Crippen LogP contribution in [0.4, 0.5) is 10.5 Å². The van der Waals surface area contributed by atoms with Crippen molar-refractivity contribution in [3.05, 3.63) is 92.4 Å². The Hall–Kier alpha value is -3.62. The molecule has 3 aromatic carbocycles. The van der Waals surface area contributed by atoms with Crippen LogP contribution in [0.1, 0.15) is 16.7 Å². The molecule has 178 valence electrons. The quantitative estimate of drug-likeness (QED) is 0.313. The van der Waals surface area contributed by atoms with Crippen molar-refractivity contribution < 1.29 is 23.9 Å². The van der Waals surface area contributed by atoms with E-state index in [9.17, 15) is 14.4 Å². The molecule has 0 unspecified atom stereocenters. The number of amides is 4. The monoisotopic (exact) mass is 554 g/mol. The molecule has 3 aromatic rings. The van der Waals surface area contributed by atoms with Crippen molar-refractivity contribution in [2.24, 2.45) is 0 Å². The molecule has 0 atom stereocenters. The zero-order chi connectivity index (χ0) is 25.1. The van der Waals surface area contributed by atoms with Crippen molar-refractivity contribution in [3.63, 3.8) is 0 Å². The summed E-state index contributed by atoms with van der Waals surface area (Å²) in [4.78, 5) is 39.5. The summed E-state index contributed by atoms with van der Waals surface area (Å²) in [6.07, 6.45) is 1.39. The van der Waals surface area contributed by atoms with Crippen LogP contribution in [-0.2, 0) is 16.2 Å². The van der Waals surface area contributed by atoms with E-state index < -0.39 is 17.8 Å². The van der Waals surface area contributed by atoms with Crippen molar-refractivity contribution >= 4 is 57.1 Å². The van der Waals surface area contributed by atoms with E-state index in [1.54, 1.807) is 43.3 Å². The Balaban J connectivity index is 1.72. The molecule has 1 fully saturated rings. The van der Waals surface area contributed by atoms with Gasteiger partial charge in [-0.2, -0.15) is 0 Å². The van der Waals surface area contributed by atoms with E-state index in [1.807, 2.05) is 24.3 Å². The highest BCUT2D eigenvalue weighted by molar-refractivity contribution is 9.10. The van der Waals surface area contributed by atoms with E-state index in [0.29, 0.717) is 33.3 Å². The maximum absolute atomic E-state index is 13.3. The first-order chi connectivity index (χ1) is 16.8. The molecule has 4 amide bonds. The molecule has 9 heteroatoms. The lowest BCUT2D eigenvalue weighted by Gasteiger charge is -2.28. The van der Waals surface area contributed by atoms with Crippen molar-refractivity contribution in [2.45, 2.75) is 13.5 Å². The Labute approximate surface area is 215 Å². The summed E-state index contributed by atoms with van der Waals surface area (Å²) in [6.45, 7) is 1.92. The number of urea groups is 1. The minimum absolute atomic E-state index is 0.222. The molecule has 0 aromatic heterocycles. The molecule has 0 saturated carbocycles. The predicted octanol–water partition coefficient (Wildman–Crippen LogP) is 5.66. The average Bonchev–Trinajstić information content (AvgIpc) is 2.84. The number of carbonyl (C=O) groups is 3. The normalized spacial score (nSPS) is 14.8. The zero-order valence-corrected chi connectivity index (χ0v) is 21.1. The Bertz CT molecular complexity index is 1370. The number of carbonyl (C=O) groups excluding carboxylic acids is 3. The van der Waals surface area contributed by atoms with Crippen LogP contribution in [0, 0.1) is 6.92 Å². The number of hydrogen-bond donors (Lipinski definition) is 1. The largest absolute Gasteiger partial charge is 0.497 e. The molecule has 35 heavy (non-hydrogen) atoms. The van der Waals surface area contributed by atoms with Gasteiger partial charge in [-0.05, 0) is 48.9 Å². The van der Waals surface area contributed by atoms with E-state index in [0.717, 1.165) is 14.9 Å². The third-order valence-corrected chi connectivity index (χ3v) is 6.63. The Kier molecular flexibility index (Phi) is 7.23. The molecule has 1 aliphatic heterocycles. The van der Waals surface area contributed by atoms with Gasteiger partial charge >= 0.3 is 6.03 Å². The number of nitrogens with zero attached hydrogens (tertiary/aromatic N) is 1. The number of benzene rings is 3.